The maximum Gasteiger partial charge on any atom is 0.475 e. The van der Waals surface area contributed by atoms with Gasteiger partial charge in [-0.15, -0.1) is 0 Å². The van der Waals surface area contributed by atoms with Crippen molar-refractivity contribution in [3.63, 3.8) is 0 Å². The summed E-state index contributed by atoms with van der Waals surface area (Å²) in [6.07, 6.45) is 1.17. The van der Waals surface area contributed by atoms with E-state index >= 15 is 0 Å². The summed E-state index contributed by atoms with van der Waals surface area (Å²) in [4.78, 5) is 38.7. The number of carbonyl (C=O) groups excluding carboxylic acids is 2. The van der Waals surface area contributed by atoms with E-state index in [1.54, 1.807) is 12.1 Å². The molecule has 0 saturated heterocycles. The minimum atomic E-state index is -1.97. The van der Waals surface area contributed by atoms with Crippen molar-refractivity contribution in [2.45, 2.75) is 25.3 Å². The Balaban J connectivity index is 2.13. The number of hydrogen-bond acceptors (Lipinski definition) is 8. The van der Waals surface area contributed by atoms with Gasteiger partial charge in [0.1, 0.15) is 11.3 Å². The topological polar surface area (TPSA) is 208 Å². The predicted octanol–water partition coefficient (Wildman–Crippen LogP) is -1.42. The van der Waals surface area contributed by atoms with E-state index in [0.717, 1.165) is 0 Å². The Morgan fingerprint density at radius 2 is 2.06 bits per heavy atom. The summed E-state index contributed by atoms with van der Waals surface area (Å²) in [5, 5.41) is 40.9. The van der Waals surface area contributed by atoms with Crippen LogP contribution in [0.2, 0.25) is 0 Å². The molecule has 1 heterocycles. The van der Waals surface area contributed by atoms with E-state index in [4.69, 9.17) is 15.9 Å². The number of nitrogens with zero attached hydrogens (tertiary/aromatic N) is 1. The van der Waals surface area contributed by atoms with Crippen LogP contribution >= 0.6 is 0 Å². The van der Waals surface area contributed by atoms with Gasteiger partial charge < -0.3 is 36.3 Å². The fraction of sp³-hybridized carbons (Fsp3) is 0.211. The summed E-state index contributed by atoms with van der Waals surface area (Å²) in [6, 6.07) is 7.33. The van der Waals surface area contributed by atoms with Gasteiger partial charge in [0.15, 0.2) is 5.96 Å². The third-order valence-corrected chi connectivity index (χ3v) is 4.34. The summed E-state index contributed by atoms with van der Waals surface area (Å²) in [7, 11) is -1.97. The van der Waals surface area contributed by atoms with E-state index in [-0.39, 0.29) is 48.7 Å². The largest absolute Gasteiger partial charge is 0.478 e. The molecule has 0 saturated carbocycles. The number of ether oxygens (including phenoxy) is 1. The molecule has 1 aromatic carbocycles. The first kappa shape index (κ1) is 24.3. The molecule has 0 aliphatic rings. The summed E-state index contributed by atoms with van der Waals surface area (Å²) in [5.41, 5.74) is 6.27. The molecule has 0 fully saturated rings. The molecular weight excluding hydrogens is 421 g/mol. The van der Waals surface area contributed by atoms with Gasteiger partial charge >= 0.3 is 13.1 Å². The summed E-state index contributed by atoms with van der Waals surface area (Å²) in [5.74, 6) is -3.54. The number of benzene rings is 1. The van der Waals surface area contributed by atoms with Crippen LogP contribution in [0.25, 0.3) is 0 Å². The van der Waals surface area contributed by atoms with Crippen LogP contribution in [0.5, 0.6) is 5.75 Å². The zero-order valence-electron chi connectivity index (χ0n) is 16.8. The number of carboxylic acids is 1. The molecule has 0 spiro atoms. The van der Waals surface area contributed by atoms with Gasteiger partial charge in [-0.05, 0) is 35.7 Å². The average Bonchev–Trinajstić information content (AvgIpc) is 2.73. The monoisotopic (exact) mass is 443 g/mol. The lowest BCUT2D eigenvalue weighted by Gasteiger charge is -2.19. The second kappa shape index (κ2) is 11.4. The van der Waals surface area contributed by atoms with Crippen LogP contribution in [0.3, 0.4) is 0 Å². The zero-order chi connectivity index (χ0) is 23.7. The van der Waals surface area contributed by atoms with Gasteiger partial charge in [0.05, 0.1) is 24.6 Å². The lowest BCUT2D eigenvalue weighted by atomic mass is 9.75. The van der Waals surface area contributed by atoms with Crippen molar-refractivity contribution >= 4 is 31.4 Å². The number of amides is 1. The lowest BCUT2D eigenvalue weighted by Crippen LogP contribution is -2.48. The maximum absolute atomic E-state index is 12.5. The molecule has 13 heteroatoms. The summed E-state index contributed by atoms with van der Waals surface area (Å²) < 4.78 is 4.79. The van der Waals surface area contributed by atoms with Gasteiger partial charge in [0.2, 0.25) is 5.91 Å². The van der Waals surface area contributed by atoms with Gasteiger partial charge in [-0.3, -0.25) is 20.0 Å². The molecule has 1 aromatic heterocycles. The Labute approximate surface area is 183 Å². The molecule has 12 nitrogen and oxygen atoms in total. The molecule has 168 valence electrons. The number of aromatic nitrogens is 1. The average molecular weight is 443 g/mol. The molecule has 8 N–H and O–H groups in total. The van der Waals surface area contributed by atoms with Crippen molar-refractivity contribution in [1.82, 2.24) is 15.6 Å². The number of rotatable bonds is 11. The number of aromatic carboxylic acids is 1. The van der Waals surface area contributed by atoms with E-state index in [1.165, 1.54) is 24.4 Å². The number of carboxylic acid groups (broad SMARTS) is 1. The number of pyridine rings is 1. The second-order valence-electron chi connectivity index (χ2n) is 6.70. The van der Waals surface area contributed by atoms with Gasteiger partial charge in [-0.2, -0.15) is 0 Å². The Morgan fingerprint density at radius 1 is 1.31 bits per heavy atom. The number of guanidine groups is 1. The van der Waals surface area contributed by atoms with Crippen molar-refractivity contribution in [2.24, 2.45) is 5.73 Å². The number of nitrogens with one attached hydrogen (secondary N) is 3. The summed E-state index contributed by atoms with van der Waals surface area (Å²) >= 11 is 0. The van der Waals surface area contributed by atoms with Gasteiger partial charge in [0, 0.05) is 6.20 Å². The molecular formula is C19H22BN5O7. The minimum Gasteiger partial charge on any atom is -0.478 e. The third kappa shape index (κ3) is 7.07. The Morgan fingerprint density at radius 3 is 2.69 bits per heavy atom. The van der Waals surface area contributed by atoms with Crippen molar-refractivity contribution < 1.29 is 34.3 Å². The van der Waals surface area contributed by atoms with Crippen LogP contribution in [0.15, 0.2) is 36.5 Å². The number of nitrogens with two attached hydrogens (primary N) is 1. The van der Waals surface area contributed by atoms with E-state index in [0.29, 0.717) is 11.3 Å². The molecule has 0 bridgehead atoms. The second-order valence-corrected chi connectivity index (χ2v) is 6.70. The van der Waals surface area contributed by atoms with Crippen molar-refractivity contribution in [2.75, 3.05) is 0 Å². The first-order chi connectivity index (χ1) is 15.2. The molecule has 0 aliphatic carbocycles. The molecule has 0 radical (unpaired) electrons. The Bertz CT molecular complexity index is 1000. The number of hydrogen-bond donors (Lipinski definition) is 7. The first-order valence-corrected chi connectivity index (χ1v) is 9.34. The van der Waals surface area contributed by atoms with Crippen LogP contribution in [0.4, 0.5) is 0 Å². The van der Waals surface area contributed by atoms with E-state index in [2.05, 4.69) is 15.6 Å². The smallest absolute Gasteiger partial charge is 0.475 e. The van der Waals surface area contributed by atoms with Crippen LogP contribution < -0.4 is 21.1 Å². The number of carbonyl (C=O) groups is 3. The fourth-order valence-electron chi connectivity index (χ4n) is 2.93. The van der Waals surface area contributed by atoms with Gasteiger partial charge in [-0.25, -0.2) is 4.79 Å². The van der Waals surface area contributed by atoms with E-state index in [9.17, 15) is 29.5 Å². The van der Waals surface area contributed by atoms with Crippen LogP contribution in [0, 0.1) is 5.41 Å². The van der Waals surface area contributed by atoms with Crippen molar-refractivity contribution in [1.29, 1.82) is 5.41 Å². The quantitative estimate of drug-likeness (QED) is 0.0933. The highest BCUT2D eigenvalue weighted by Gasteiger charge is 2.28. The Hall–Kier alpha value is -3.97. The summed E-state index contributed by atoms with van der Waals surface area (Å²) in [6.45, 7) is 0.262. The molecule has 0 unspecified atom stereocenters. The third-order valence-electron chi connectivity index (χ3n) is 4.34. The zero-order valence-corrected chi connectivity index (χ0v) is 16.8. The molecule has 0 aliphatic heterocycles. The highest BCUT2D eigenvalue weighted by molar-refractivity contribution is 6.43. The van der Waals surface area contributed by atoms with Crippen LogP contribution in [0.1, 0.15) is 27.2 Å². The molecule has 2 aromatic rings. The number of para-hydroxylation sites is 1. The fourth-order valence-corrected chi connectivity index (χ4v) is 2.93. The van der Waals surface area contributed by atoms with Crippen LogP contribution in [-0.4, -0.2) is 57.5 Å². The van der Waals surface area contributed by atoms with Crippen molar-refractivity contribution in [3.05, 3.63) is 58.9 Å². The lowest BCUT2D eigenvalue weighted by molar-refractivity contribution is -0.121. The van der Waals surface area contributed by atoms with Crippen molar-refractivity contribution in [3.8, 4) is 5.75 Å². The van der Waals surface area contributed by atoms with E-state index in [1.807, 2.05) is 0 Å². The standard InChI is InChI=1S/C19H22BN5O7/c21-19(22)24-9-13-6-11(4-5-23-13)7-16(27)25-15(20(30)31)8-12-2-1-3-14(18(28)29)17(12)32-10-26/h1-6,10,15,30-31H,7-9H2,(H,25,27)(H,28,29)(H4,21,22,24)/t15-/m0/s1. The minimum absolute atomic E-state index is 0.0657. The molecule has 2 rings (SSSR count). The highest BCUT2D eigenvalue weighted by Crippen LogP contribution is 2.25. The normalized spacial score (nSPS) is 11.2. The SMILES string of the molecule is N=C(N)NCc1cc(CC(=O)N[C@@H](Cc2cccc(C(=O)O)c2OC=O)B(O)O)ccn1. The maximum atomic E-state index is 12.5. The first-order valence-electron chi connectivity index (χ1n) is 9.34. The Kier molecular flexibility index (Phi) is 8.68. The van der Waals surface area contributed by atoms with E-state index < -0.39 is 24.9 Å². The van der Waals surface area contributed by atoms with Crippen LogP contribution in [-0.2, 0) is 29.0 Å². The van der Waals surface area contributed by atoms with Gasteiger partial charge in [-0.1, -0.05) is 12.1 Å². The van der Waals surface area contributed by atoms with Gasteiger partial charge in [0.25, 0.3) is 6.47 Å². The highest BCUT2D eigenvalue weighted by atomic mass is 16.5. The molecule has 32 heavy (non-hydrogen) atoms. The predicted molar refractivity (Wildman–Crippen MR) is 113 cm³/mol. The molecule has 1 amide bonds. The molecule has 1 atom stereocenters.